The zero-order valence-electron chi connectivity index (χ0n) is 11.9. The maximum Gasteiger partial charge on any atom is 0.285 e. The molecule has 1 aromatic heterocycles. The first-order valence-electron chi connectivity index (χ1n) is 6.64. The molecule has 2 heterocycles. The molecule has 0 saturated carbocycles. The fraction of sp³-hybridized carbons (Fsp3) is 0.667. The molecule has 2 N–H and O–H groups in total. The summed E-state index contributed by atoms with van der Waals surface area (Å²) in [5, 5.41) is 14.7. The van der Waals surface area contributed by atoms with E-state index in [0.29, 0.717) is 23.2 Å². The van der Waals surface area contributed by atoms with Gasteiger partial charge in [0.25, 0.3) is 5.91 Å². The molecule has 2 rings (SSSR count). The molecule has 1 aromatic rings. The summed E-state index contributed by atoms with van der Waals surface area (Å²) in [5.74, 6) is -0.391. The molecule has 0 spiro atoms. The summed E-state index contributed by atoms with van der Waals surface area (Å²) in [6.45, 7) is 7.26. The summed E-state index contributed by atoms with van der Waals surface area (Å²) in [6, 6.07) is 0. The quantitative estimate of drug-likeness (QED) is 0.854. The number of nitrogens with zero attached hydrogens (tertiary/aromatic N) is 3. The Morgan fingerprint density at radius 2 is 2.25 bits per heavy atom. The lowest BCUT2D eigenvalue weighted by molar-refractivity contribution is -0.133. The topological polar surface area (TPSA) is 87.2 Å². The van der Waals surface area contributed by atoms with Crippen molar-refractivity contribution in [2.45, 2.75) is 32.7 Å². The molecule has 0 radical (unpaired) electrons. The minimum Gasteiger partial charge on any atom is -0.360 e. The molecular weight excluding hydrogens is 278 g/mol. The van der Waals surface area contributed by atoms with Gasteiger partial charge in [-0.3, -0.25) is 9.59 Å². The molecule has 0 bridgehead atoms. The minimum atomic E-state index is -0.863. The van der Waals surface area contributed by atoms with Crippen LogP contribution in [0.15, 0.2) is 0 Å². The van der Waals surface area contributed by atoms with Crippen LogP contribution in [0.25, 0.3) is 0 Å². The van der Waals surface area contributed by atoms with E-state index >= 15 is 0 Å². The maximum atomic E-state index is 12.5. The molecular formula is C12H19N5O2S. The van der Waals surface area contributed by atoms with Crippen LogP contribution in [0.2, 0.25) is 0 Å². The number of rotatable bonds is 4. The first-order chi connectivity index (χ1) is 9.46. The highest BCUT2D eigenvalue weighted by Gasteiger charge is 2.41. The number of hydrogen-bond donors (Lipinski definition) is 2. The van der Waals surface area contributed by atoms with Crippen LogP contribution in [0.4, 0.5) is 5.13 Å². The van der Waals surface area contributed by atoms with Crippen LogP contribution in [0.5, 0.6) is 0 Å². The van der Waals surface area contributed by atoms with Crippen molar-refractivity contribution < 1.29 is 9.59 Å². The molecule has 1 aliphatic heterocycles. The van der Waals surface area contributed by atoms with Gasteiger partial charge in [0.2, 0.25) is 16.0 Å². The van der Waals surface area contributed by atoms with Crippen LogP contribution in [0.3, 0.4) is 0 Å². The van der Waals surface area contributed by atoms with Gasteiger partial charge in [-0.15, -0.1) is 10.2 Å². The Bertz CT molecular complexity index is 514. The van der Waals surface area contributed by atoms with Crippen molar-refractivity contribution in [2.75, 3.05) is 25.0 Å². The van der Waals surface area contributed by atoms with Gasteiger partial charge in [0.05, 0.1) is 0 Å². The molecule has 0 atom stereocenters. The fourth-order valence-corrected chi connectivity index (χ4v) is 2.70. The summed E-state index contributed by atoms with van der Waals surface area (Å²) in [4.78, 5) is 25.9. The van der Waals surface area contributed by atoms with Gasteiger partial charge in [-0.1, -0.05) is 18.3 Å². The van der Waals surface area contributed by atoms with Gasteiger partial charge in [-0.05, 0) is 20.3 Å². The minimum absolute atomic E-state index is 0.147. The van der Waals surface area contributed by atoms with Crippen LogP contribution in [0, 0.1) is 0 Å². The number of amides is 2. The van der Waals surface area contributed by atoms with Crippen LogP contribution in [-0.2, 0) is 4.79 Å². The van der Waals surface area contributed by atoms with E-state index in [9.17, 15) is 9.59 Å². The van der Waals surface area contributed by atoms with Crippen molar-refractivity contribution >= 4 is 28.3 Å². The van der Waals surface area contributed by atoms with Gasteiger partial charge < -0.3 is 15.5 Å². The summed E-state index contributed by atoms with van der Waals surface area (Å²) in [5.41, 5.74) is -0.863. The van der Waals surface area contributed by atoms with Crippen molar-refractivity contribution in [2.24, 2.45) is 0 Å². The third kappa shape index (κ3) is 2.74. The van der Waals surface area contributed by atoms with E-state index in [4.69, 9.17) is 0 Å². The smallest absolute Gasteiger partial charge is 0.285 e. The number of nitrogens with one attached hydrogen (secondary N) is 2. The molecule has 110 valence electrons. The van der Waals surface area contributed by atoms with E-state index in [1.807, 2.05) is 0 Å². The van der Waals surface area contributed by atoms with Gasteiger partial charge in [-0.2, -0.15) is 0 Å². The van der Waals surface area contributed by atoms with Crippen LogP contribution in [0.1, 0.15) is 37.0 Å². The average Bonchev–Trinajstić information content (AvgIpc) is 2.87. The molecule has 1 aliphatic rings. The zero-order valence-corrected chi connectivity index (χ0v) is 12.7. The first kappa shape index (κ1) is 14.7. The van der Waals surface area contributed by atoms with Gasteiger partial charge in [0.15, 0.2) is 0 Å². The van der Waals surface area contributed by atoms with Crippen molar-refractivity contribution in [3.63, 3.8) is 0 Å². The molecule has 0 aliphatic carbocycles. The molecule has 8 heteroatoms. The lowest BCUT2D eigenvalue weighted by Gasteiger charge is -2.40. The normalized spacial score (nSPS) is 17.8. The summed E-state index contributed by atoms with van der Waals surface area (Å²) < 4.78 is 0. The van der Waals surface area contributed by atoms with E-state index < -0.39 is 5.54 Å². The van der Waals surface area contributed by atoms with Crippen molar-refractivity contribution in [3.8, 4) is 0 Å². The van der Waals surface area contributed by atoms with Crippen molar-refractivity contribution in [1.82, 2.24) is 20.4 Å². The second-order valence-corrected chi connectivity index (χ2v) is 6.09. The third-order valence-corrected chi connectivity index (χ3v) is 4.10. The summed E-state index contributed by atoms with van der Waals surface area (Å²) >= 11 is 1.22. The number of carbonyl (C=O) groups is 2. The van der Waals surface area contributed by atoms with Gasteiger partial charge in [0, 0.05) is 19.6 Å². The summed E-state index contributed by atoms with van der Waals surface area (Å²) in [7, 11) is 0. The second-order valence-electron chi connectivity index (χ2n) is 5.11. The lowest BCUT2D eigenvalue weighted by atomic mass is 9.99. The van der Waals surface area contributed by atoms with E-state index in [0.717, 1.165) is 13.0 Å². The molecule has 0 unspecified atom stereocenters. The van der Waals surface area contributed by atoms with E-state index in [1.165, 1.54) is 11.3 Å². The Morgan fingerprint density at radius 1 is 1.50 bits per heavy atom. The molecule has 7 nitrogen and oxygen atoms in total. The van der Waals surface area contributed by atoms with Crippen LogP contribution >= 0.6 is 11.3 Å². The molecule has 0 aromatic carbocycles. The standard InChI is InChI=1S/C12H19N5O2S/c1-4-5-14-11-16-15-8(20-11)9(18)17-7-6-13-10(19)12(17,2)3/h4-7H2,1-3H3,(H,13,19)(H,14,16). The molecule has 20 heavy (non-hydrogen) atoms. The van der Waals surface area contributed by atoms with Gasteiger partial charge in [0.1, 0.15) is 5.54 Å². The predicted molar refractivity (Wildman–Crippen MR) is 76.8 cm³/mol. The highest BCUT2D eigenvalue weighted by molar-refractivity contribution is 7.17. The highest BCUT2D eigenvalue weighted by Crippen LogP contribution is 2.23. The van der Waals surface area contributed by atoms with Gasteiger partial charge in [-0.25, -0.2) is 0 Å². The van der Waals surface area contributed by atoms with E-state index in [1.54, 1.807) is 18.7 Å². The maximum absolute atomic E-state index is 12.5. The zero-order chi connectivity index (χ0) is 14.8. The Morgan fingerprint density at radius 3 is 2.95 bits per heavy atom. The SMILES string of the molecule is CCCNc1nnc(C(=O)N2CCNC(=O)C2(C)C)s1. The number of anilines is 1. The number of piperazine rings is 1. The predicted octanol–water partition coefficient (Wildman–Crippen LogP) is 0.711. The summed E-state index contributed by atoms with van der Waals surface area (Å²) in [6.07, 6.45) is 0.974. The Labute approximate surface area is 121 Å². The largest absolute Gasteiger partial charge is 0.360 e. The van der Waals surface area contributed by atoms with E-state index in [-0.39, 0.29) is 11.8 Å². The molecule has 2 amide bonds. The second kappa shape index (κ2) is 5.74. The fourth-order valence-electron chi connectivity index (χ4n) is 1.98. The average molecular weight is 297 g/mol. The van der Waals surface area contributed by atoms with E-state index in [2.05, 4.69) is 27.8 Å². The number of aromatic nitrogens is 2. The van der Waals surface area contributed by atoms with Gasteiger partial charge >= 0.3 is 0 Å². The number of hydrogen-bond acceptors (Lipinski definition) is 6. The lowest BCUT2D eigenvalue weighted by Crippen LogP contribution is -2.63. The Balaban J connectivity index is 2.14. The Hall–Kier alpha value is -1.70. The van der Waals surface area contributed by atoms with Crippen molar-refractivity contribution in [1.29, 1.82) is 0 Å². The monoisotopic (exact) mass is 297 g/mol. The number of carbonyl (C=O) groups excluding carboxylic acids is 2. The first-order valence-corrected chi connectivity index (χ1v) is 7.46. The van der Waals surface area contributed by atoms with Crippen LogP contribution < -0.4 is 10.6 Å². The van der Waals surface area contributed by atoms with Crippen LogP contribution in [-0.4, -0.2) is 52.1 Å². The molecule has 1 fully saturated rings. The highest BCUT2D eigenvalue weighted by atomic mass is 32.1. The van der Waals surface area contributed by atoms with Crippen molar-refractivity contribution in [3.05, 3.63) is 5.01 Å². The third-order valence-electron chi connectivity index (χ3n) is 3.23. The molecule has 1 saturated heterocycles. The Kier molecular flexibility index (Phi) is 4.22.